The molecule has 2 aliphatic rings. The fourth-order valence-electron chi connectivity index (χ4n) is 3.67. The highest BCUT2D eigenvalue weighted by molar-refractivity contribution is 5.01. The molecule has 1 aliphatic carbocycles. The molecule has 1 saturated heterocycles. The summed E-state index contributed by atoms with van der Waals surface area (Å²) in [5, 5.41) is 0. The average molecular weight is 224 g/mol. The van der Waals surface area contributed by atoms with Gasteiger partial charge in [-0.25, -0.2) is 0 Å². The molecule has 2 N–H and O–H groups in total. The molecule has 0 radical (unpaired) electrons. The Labute approximate surface area is 101 Å². The summed E-state index contributed by atoms with van der Waals surface area (Å²) < 4.78 is 0. The van der Waals surface area contributed by atoms with Gasteiger partial charge in [-0.3, -0.25) is 4.90 Å². The summed E-state index contributed by atoms with van der Waals surface area (Å²) in [5.41, 5.74) is 7.24. The van der Waals surface area contributed by atoms with Gasteiger partial charge < -0.3 is 5.73 Å². The number of piperidine rings is 1. The van der Waals surface area contributed by atoms with Crippen molar-refractivity contribution in [2.75, 3.05) is 13.1 Å². The van der Waals surface area contributed by atoms with Crippen LogP contribution >= 0.6 is 0 Å². The highest BCUT2D eigenvalue weighted by Gasteiger charge is 2.47. The predicted octanol–water partition coefficient (Wildman–Crippen LogP) is 2.62. The molecule has 0 aromatic carbocycles. The first kappa shape index (κ1) is 12.4. The van der Waals surface area contributed by atoms with Gasteiger partial charge in [-0.05, 0) is 70.9 Å². The van der Waals surface area contributed by atoms with E-state index in [4.69, 9.17) is 5.73 Å². The first-order chi connectivity index (χ1) is 7.35. The molecule has 2 atom stereocenters. The normalized spacial score (nSPS) is 35.8. The van der Waals surface area contributed by atoms with E-state index in [0.717, 1.165) is 5.92 Å². The third-order valence-corrected chi connectivity index (χ3v) is 5.13. The number of likely N-dealkylation sites (tertiary alicyclic amines) is 1. The Bertz CT molecular complexity index is 246. The highest BCUT2D eigenvalue weighted by Crippen LogP contribution is 2.48. The van der Waals surface area contributed by atoms with Crippen molar-refractivity contribution in [2.24, 2.45) is 17.1 Å². The van der Waals surface area contributed by atoms with Crippen LogP contribution in [0.15, 0.2) is 0 Å². The molecule has 2 fully saturated rings. The Morgan fingerprint density at radius 3 is 2.06 bits per heavy atom. The van der Waals surface area contributed by atoms with Gasteiger partial charge >= 0.3 is 0 Å². The second-order valence-corrected chi connectivity index (χ2v) is 7.06. The van der Waals surface area contributed by atoms with Crippen molar-refractivity contribution < 1.29 is 0 Å². The number of rotatable bonds is 0. The van der Waals surface area contributed by atoms with Crippen LogP contribution in [0.3, 0.4) is 0 Å². The standard InChI is InChI=1S/C14H28N2/c1-11-5-6-14(12(11)15)7-9-16(10-8-14)13(2,3)4/h11-12H,5-10,15H2,1-4H3/t11-,12-/m0/s1. The molecule has 1 aliphatic heterocycles. The van der Waals surface area contributed by atoms with E-state index < -0.39 is 0 Å². The number of hydrogen-bond acceptors (Lipinski definition) is 2. The minimum absolute atomic E-state index is 0.329. The molecule has 2 rings (SSSR count). The van der Waals surface area contributed by atoms with Crippen LogP contribution in [0.4, 0.5) is 0 Å². The van der Waals surface area contributed by atoms with Crippen LogP contribution in [-0.2, 0) is 0 Å². The maximum atomic E-state index is 6.42. The topological polar surface area (TPSA) is 29.3 Å². The van der Waals surface area contributed by atoms with Gasteiger partial charge in [0.1, 0.15) is 0 Å². The zero-order valence-electron chi connectivity index (χ0n) is 11.4. The second kappa shape index (κ2) is 3.99. The van der Waals surface area contributed by atoms with Crippen molar-refractivity contribution in [3.05, 3.63) is 0 Å². The van der Waals surface area contributed by atoms with Gasteiger partial charge in [-0.1, -0.05) is 6.92 Å². The van der Waals surface area contributed by atoms with E-state index in [9.17, 15) is 0 Å². The minimum atomic E-state index is 0.329. The van der Waals surface area contributed by atoms with E-state index >= 15 is 0 Å². The quantitative estimate of drug-likeness (QED) is 0.685. The largest absolute Gasteiger partial charge is 0.327 e. The Balaban J connectivity index is 2.00. The molecule has 16 heavy (non-hydrogen) atoms. The summed E-state index contributed by atoms with van der Waals surface area (Å²) in [4.78, 5) is 2.62. The molecule has 94 valence electrons. The molecular weight excluding hydrogens is 196 g/mol. The molecule has 1 heterocycles. The van der Waals surface area contributed by atoms with E-state index in [1.807, 2.05) is 0 Å². The van der Waals surface area contributed by atoms with Crippen molar-refractivity contribution in [1.29, 1.82) is 0 Å². The Morgan fingerprint density at radius 1 is 1.12 bits per heavy atom. The van der Waals surface area contributed by atoms with Crippen LogP contribution in [0.1, 0.15) is 53.4 Å². The lowest BCUT2D eigenvalue weighted by molar-refractivity contribution is 0.0353. The predicted molar refractivity (Wildman–Crippen MR) is 69.4 cm³/mol. The minimum Gasteiger partial charge on any atom is -0.327 e. The lowest BCUT2D eigenvalue weighted by Crippen LogP contribution is -2.53. The lowest BCUT2D eigenvalue weighted by atomic mass is 9.73. The molecule has 1 spiro atoms. The second-order valence-electron chi connectivity index (χ2n) is 7.06. The summed E-state index contributed by atoms with van der Waals surface area (Å²) in [6, 6.07) is 0.453. The van der Waals surface area contributed by atoms with Gasteiger partial charge in [0, 0.05) is 11.6 Å². The van der Waals surface area contributed by atoms with Gasteiger partial charge in [-0.2, -0.15) is 0 Å². The van der Waals surface area contributed by atoms with Crippen LogP contribution in [0.25, 0.3) is 0 Å². The maximum absolute atomic E-state index is 6.42. The van der Waals surface area contributed by atoms with Gasteiger partial charge in [0.2, 0.25) is 0 Å². The van der Waals surface area contributed by atoms with Crippen LogP contribution < -0.4 is 5.73 Å². The van der Waals surface area contributed by atoms with Crippen molar-refractivity contribution in [1.82, 2.24) is 4.90 Å². The Morgan fingerprint density at radius 2 is 1.69 bits per heavy atom. The summed E-state index contributed by atoms with van der Waals surface area (Å²) in [6.07, 6.45) is 5.34. The summed E-state index contributed by atoms with van der Waals surface area (Å²) >= 11 is 0. The highest BCUT2D eigenvalue weighted by atomic mass is 15.2. The summed E-state index contributed by atoms with van der Waals surface area (Å²) in [6.45, 7) is 11.8. The third-order valence-electron chi connectivity index (χ3n) is 5.13. The smallest absolute Gasteiger partial charge is 0.0125 e. The zero-order chi connectivity index (χ0) is 12.0. The molecular formula is C14H28N2. The van der Waals surface area contributed by atoms with Crippen molar-refractivity contribution in [3.8, 4) is 0 Å². The van der Waals surface area contributed by atoms with E-state index in [0.29, 0.717) is 17.0 Å². The van der Waals surface area contributed by atoms with Crippen molar-refractivity contribution >= 4 is 0 Å². The third kappa shape index (κ3) is 2.02. The van der Waals surface area contributed by atoms with Crippen molar-refractivity contribution in [3.63, 3.8) is 0 Å². The molecule has 0 amide bonds. The fraction of sp³-hybridized carbons (Fsp3) is 1.00. The van der Waals surface area contributed by atoms with Crippen LogP contribution in [0.5, 0.6) is 0 Å². The Kier molecular flexibility index (Phi) is 3.09. The summed E-state index contributed by atoms with van der Waals surface area (Å²) in [5.74, 6) is 0.737. The zero-order valence-corrected chi connectivity index (χ0v) is 11.4. The van der Waals surface area contributed by atoms with E-state index in [-0.39, 0.29) is 0 Å². The molecule has 2 nitrogen and oxygen atoms in total. The number of nitrogens with zero attached hydrogens (tertiary/aromatic N) is 1. The van der Waals surface area contributed by atoms with Crippen LogP contribution in [-0.4, -0.2) is 29.6 Å². The van der Waals surface area contributed by atoms with Gasteiger partial charge in [0.15, 0.2) is 0 Å². The number of hydrogen-bond donors (Lipinski definition) is 1. The average Bonchev–Trinajstić information content (AvgIpc) is 2.47. The van der Waals surface area contributed by atoms with Crippen LogP contribution in [0, 0.1) is 11.3 Å². The van der Waals surface area contributed by atoms with Gasteiger partial charge in [0.25, 0.3) is 0 Å². The maximum Gasteiger partial charge on any atom is 0.0125 e. The summed E-state index contributed by atoms with van der Waals surface area (Å²) in [7, 11) is 0. The van der Waals surface area contributed by atoms with Crippen LogP contribution in [0.2, 0.25) is 0 Å². The molecule has 0 bridgehead atoms. The fourth-order valence-corrected chi connectivity index (χ4v) is 3.67. The van der Waals surface area contributed by atoms with Gasteiger partial charge in [0.05, 0.1) is 0 Å². The van der Waals surface area contributed by atoms with Crippen molar-refractivity contribution in [2.45, 2.75) is 65.0 Å². The Hall–Kier alpha value is -0.0800. The van der Waals surface area contributed by atoms with E-state index in [1.54, 1.807) is 0 Å². The lowest BCUT2D eigenvalue weighted by Gasteiger charge is -2.47. The molecule has 0 unspecified atom stereocenters. The monoisotopic (exact) mass is 224 g/mol. The SMILES string of the molecule is C[C@H]1CCC2(CCN(C(C)(C)C)CC2)[C@H]1N. The molecule has 0 aromatic rings. The van der Waals surface area contributed by atoms with E-state index in [1.165, 1.54) is 38.8 Å². The van der Waals surface area contributed by atoms with E-state index in [2.05, 4.69) is 32.6 Å². The molecule has 2 heteroatoms. The first-order valence-corrected chi connectivity index (χ1v) is 6.86. The number of nitrogens with two attached hydrogens (primary N) is 1. The first-order valence-electron chi connectivity index (χ1n) is 6.86. The van der Waals surface area contributed by atoms with Gasteiger partial charge in [-0.15, -0.1) is 0 Å². The molecule has 0 aromatic heterocycles. The molecule has 1 saturated carbocycles.